The Labute approximate surface area is 151 Å². The van der Waals surface area contributed by atoms with Crippen LogP contribution in [0.2, 0.25) is 0 Å². The lowest BCUT2D eigenvalue weighted by Crippen LogP contribution is -2.44. The van der Waals surface area contributed by atoms with Gasteiger partial charge in [-0.15, -0.1) is 0 Å². The van der Waals surface area contributed by atoms with Crippen LogP contribution in [-0.2, 0) is 14.4 Å². The highest BCUT2D eigenvalue weighted by Crippen LogP contribution is 2.36. The summed E-state index contributed by atoms with van der Waals surface area (Å²) in [5, 5.41) is 36.8. The average molecular weight is 383 g/mol. The van der Waals surface area contributed by atoms with E-state index in [1.807, 2.05) is 0 Å². The molecule has 0 aliphatic carbocycles. The average Bonchev–Trinajstić information content (AvgIpc) is 2.78. The van der Waals surface area contributed by atoms with E-state index in [0.29, 0.717) is 5.56 Å². The summed E-state index contributed by atoms with van der Waals surface area (Å²) in [6, 6.07) is 2.57. The highest BCUT2D eigenvalue weighted by atomic mass is 32.2. The van der Waals surface area contributed by atoms with Crippen molar-refractivity contribution in [2.45, 2.75) is 18.9 Å². The number of carbonyl (C=O) groups is 3. The second-order valence-electron chi connectivity index (χ2n) is 5.09. The van der Waals surface area contributed by atoms with Crippen LogP contribution in [0.5, 0.6) is 11.5 Å². The van der Waals surface area contributed by atoms with Gasteiger partial charge >= 0.3 is 11.9 Å². The third-order valence-electron chi connectivity index (χ3n) is 3.35. The van der Waals surface area contributed by atoms with E-state index in [1.165, 1.54) is 24.3 Å². The maximum Gasteiger partial charge on any atom is 0.326 e. The molecule has 1 atom stereocenters. The molecule has 4 N–H and O–H groups in total. The number of hydrogen-bond donors (Lipinski definition) is 4. The number of phenols is 2. The van der Waals surface area contributed by atoms with Crippen molar-refractivity contribution < 1.29 is 34.8 Å². The van der Waals surface area contributed by atoms with Crippen LogP contribution >= 0.6 is 24.0 Å². The van der Waals surface area contributed by atoms with Crippen molar-refractivity contribution in [3.05, 3.63) is 28.7 Å². The molecule has 1 heterocycles. The molecule has 0 bridgehead atoms. The zero-order chi connectivity index (χ0) is 18.7. The van der Waals surface area contributed by atoms with E-state index in [2.05, 4.69) is 0 Å². The van der Waals surface area contributed by atoms with E-state index in [0.717, 1.165) is 16.7 Å². The van der Waals surface area contributed by atoms with Crippen molar-refractivity contribution in [2.75, 3.05) is 0 Å². The highest BCUT2D eigenvalue weighted by molar-refractivity contribution is 8.26. The number of thioether (sulfide) groups is 1. The van der Waals surface area contributed by atoms with Gasteiger partial charge in [0, 0.05) is 6.42 Å². The normalized spacial score (nSPS) is 17.1. The van der Waals surface area contributed by atoms with Gasteiger partial charge in [-0.2, -0.15) is 0 Å². The number of benzene rings is 1. The zero-order valence-corrected chi connectivity index (χ0v) is 14.2. The molecule has 25 heavy (non-hydrogen) atoms. The van der Waals surface area contributed by atoms with Gasteiger partial charge in [-0.3, -0.25) is 14.5 Å². The van der Waals surface area contributed by atoms with E-state index in [-0.39, 0.29) is 27.1 Å². The van der Waals surface area contributed by atoms with Gasteiger partial charge in [0.25, 0.3) is 5.91 Å². The summed E-state index contributed by atoms with van der Waals surface area (Å²) < 4.78 is 0.0111. The fourth-order valence-electron chi connectivity index (χ4n) is 2.15. The molecule has 1 fully saturated rings. The number of carbonyl (C=O) groups excluding carboxylic acids is 1. The fraction of sp³-hybridized carbons (Fsp3) is 0.200. The molecule has 0 aromatic heterocycles. The molecule has 132 valence electrons. The van der Waals surface area contributed by atoms with Gasteiger partial charge in [-0.25, -0.2) is 4.79 Å². The maximum atomic E-state index is 12.5. The van der Waals surface area contributed by atoms with E-state index in [4.69, 9.17) is 17.3 Å². The monoisotopic (exact) mass is 383 g/mol. The number of amides is 1. The summed E-state index contributed by atoms with van der Waals surface area (Å²) in [5.41, 5.74) is 0.410. The highest BCUT2D eigenvalue weighted by Gasteiger charge is 2.40. The number of thiocarbonyl (C=S) groups is 1. The first-order valence-corrected chi connectivity index (χ1v) is 8.17. The number of rotatable bonds is 6. The second-order valence-corrected chi connectivity index (χ2v) is 6.76. The summed E-state index contributed by atoms with van der Waals surface area (Å²) in [6.07, 6.45) is 0.706. The zero-order valence-electron chi connectivity index (χ0n) is 12.6. The molecule has 8 nitrogen and oxygen atoms in total. The number of nitrogens with zero attached hydrogens (tertiary/aromatic N) is 1. The van der Waals surface area contributed by atoms with Crippen molar-refractivity contribution in [3.63, 3.8) is 0 Å². The molecular formula is C15H13NO7S2. The number of hydrogen-bond acceptors (Lipinski definition) is 7. The Bertz CT molecular complexity index is 790. The molecule has 0 spiro atoms. The van der Waals surface area contributed by atoms with Crippen molar-refractivity contribution in [1.82, 2.24) is 4.90 Å². The van der Waals surface area contributed by atoms with Crippen LogP contribution < -0.4 is 0 Å². The molecule has 10 heteroatoms. The quantitative estimate of drug-likeness (QED) is 0.328. The van der Waals surface area contributed by atoms with E-state index >= 15 is 0 Å². The first-order valence-electron chi connectivity index (χ1n) is 6.94. The first kappa shape index (κ1) is 18.7. The maximum absolute atomic E-state index is 12.5. The van der Waals surface area contributed by atoms with Crippen LogP contribution in [0.4, 0.5) is 0 Å². The van der Waals surface area contributed by atoms with Gasteiger partial charge in [0.1, 0.15) is 10.4 Å². The number of aromatic hydroxyl groups is 2. The minimum absolute atomic E-state index is 0.0111. The summed E-state index contributed by atoms with van der Waals surface area (Å²) in [5.74, 6) is -3.85. The third kappa shape index (κ3) is 4.28. The lowest BCUT2D eigenvalue weighted by molar-refractivity contribution is -0.146. The Hall–Kier alpha value is -2.59. The van der Waals surface area contributed by atoms with Crippen molar-refractivity contribution in [3.8, 4) is 11.5 Å². The van der Waals surface area contributed by atoms with Gasteiger partial charge in [0.15, 0.2) is 11.5 Å². The Morgan fingerprint density at radius 1 is 1.24 bits per heavy atom. The van der Waals surface area contributed by atoms with E-state index in [1.54, 1.807) is 0 Å². The summed E-state index contributed by atoms with van der Waals surface area (Å²) in [6.45, 7) is 0. The van der Waals surface area contributed by atoms with Crippen LogP contribution in [0.15, 0.2) is 23.1 Å². The van der Waals surface area contributed by atoms with Crippen LogP contribution in [-0.4, -0.2) is 53.5 Å². The standard InChI is InChI=1S/C15H13NO7S2/c17-9-3-1-7(5-10(9)18)6-11-13(21)16(15(24)25-11)8(14(22)23)2-4-12(19)20/h1,3,5-6,8,17-18H,2,4H2,(H,19,20)(H,22,23). The molecule has 0 saturated carbocycles. The van der Waals surface area contributed by atoms with Crippen molar-refractivity contribution >= 4 is 52.2 Å². The van der Waals surface area contributed by atoms with Gasteiger partial charge in [-0.05, 0) is 30.2 Å². The van der Waals surface area contributed by atoms with Gasteiger partial charge in [0.2, 0.25) is 0 Å². The molecule has 1 aromatic carbocycles. The molecule has 0 radical (unpaired) electrons. The van der Waals surface area contributed by atoms with Crippen molar-refractivity contribution in [2.24, 2.45) is 0 Å². The molecule has 1 aliphatic rings. The molecule has 1 aromatic rings. The summed E-state index contributed by atoms with van der Waals surface area (Å²) in [4.78, 5) is 35.6. The molecule has 1 aliphatic heterocycles. The largest absolute Gasteiger partial charge is 0.504 e. The predicted octanol–water partition coefficient (Wildman–Crippen LogP) is 1.62. The van der Waals surface area contributed by atoms with Crippen molar-refractivity contribution in [1.29, 1.82) is 0 Å². The molecular weight excluding hydrogens is 370 g/mol. The molecule has 1 amide bonds. The first-order chi connectivity index (χ1) is 11.7. The van der Waals surface area contributed by atoms with Gasteiger partial charge in [-0.1, -0.05) is 30.0 Å². The van der Waals surface area contributed by atoms with Crippen LogP contribution in [0.1, 0.15) is 18.4 Å². The Morgan fingerprint density at radius 3 is 2.48 bits per heavy atom. The van der Waals surface area contributed by atoms with Crippen LogP contribution in [0, 0.1) is 0 Å². The number of carboxylic acid groups (broad SMARTS) is 2. The fourth-order valence-corrected chi connectivity index (χ4v) is 3.51. The van der Waals surface area contributed by atoms with Crippen LogP contribution in [0.3, 0.4) is 0 Å². The van der Waals surface area contributed by atoms with Crippen LogP contribution in [0.25, 0.3) is 6.08 Å². The Balaban J connectivity index is 2.28. The minimum Gasteiger partial charge on any atom is -0.504 e. The number of carboxylic acids is 2. The predicted molar refractivity (Wildman–Crippen MR) is 93.1 cm³/mol. The molecule has 2 rings (SSSR count). The lowest BCUT2D eigenvalue weighted by Gasteiger charge is -2.22. The Morgan fingerprint density at radius 2 is 1.92 bits per heavy atom. The topological polar surface area (TPSA) is 135 Å². The van der Waals surface area contributed by atoms with Gasteiger partial charge < -0.3 is 20.4 Å². The number of phenolic OH excluding ortho intramolecular Hbond substituents is 2. The molecule has 1 unspecified atom stereocenters. The number of aliphatic carboxylic acids is 2. The summed E-state index contributed by atoms with van der Waals surface area (Å²) >= 11 is 5.94. The SMILES string of the molecule is O=C(O)CCC(C(=O)O)N1C(=O)C(=Cc2ccc(O)c(O)c2)SC1=S. The minimum atomic E-state index is -1.37. The van der Waals surface area contributed by atoms with E-state index in [9.17, 15) is 29.7 Å². The lowest BCUT2D eigenvalue weighted by atomic mass is 10.1. The Kier molecular flexibility index (Phi) is 5.65. The third-order valence-corrected chi connectivity index (χ3v) is 4.68. The van der Waals surface area contributed by atoms with Gasteiger partial charge in [0.05, 0.1) is 4.91 Å². The smallest absolute Gasteiger partial charge is 0.326 e. The second kappa shape index (κ2) is 7.53. The van der Waals surface area contributed by atoms with E-state index < -0.39 is 30.3 Å². The summed E-state index contributed by atoms with van der Waals surface area (Å²) in [7, 11) is 0. The molecule has 1 saturated heterocycles.